The van der Waals surface area contributed by atoms with E-state index < -0.39 is 0 Å². The molecule has 0 unspecified atom stereocenters. The molecule has 1 aromatic carbocycles. The Labute approximate surface area is 142 Å². The van der Waals surface area contributed by atoms with Crippen molar-refractivity contribution in [2.24, 2.45) is 0 Å². The number of hydrogen-bond acceptors (Lipinski definition) is 3. The maximum absolute atomic E-state index is 13.3. The lowest BCUT2D eigenvalue weighted by Gasteiger charge is -2.35. The van der Waals surface area contributed by atoms with Crippen LogP contribution < -0.4 is 0 Å². The average molecular weight is 329 g/mol. The van der Waals surface area contributed by atoms with E-state index in [4.69, 9.17) is 0 Å². The second-order valence-electron chi connectivity index (χ2n) is 6.74. The first-order valence-corrected chi connectivity index (χ1v) is 8.86. The smallest absolute Gasteiger partial charge is 0.222 e. The van der Waals surface area contributed by atoms with Gasteiger partial charge in [-0.25, -0.2) is 4.39 Å². The molecule has 2 aliphatic heterocycles. The number of carbonyl (C=O) groups excluding carboxylic acids is 1. The van der Waals surface area contributed by atoms with Crippen molar-refractivity contribution >= 4 is 5.91 Å². The number of nitrogens with zero attached hydrogens (tertiary/aromatic N) is 3. The summed E-state index contributed by atoms with van der Waals surface area (Å²) in [5, 5.41) is 9.25. The van der Waals surface area contributed by atoms with E-state index in [-0.39, 0.29) is 17.8 Å². The van der Waals surface area contributed by atoms with E-state index >= 15 is 0 Å². The molecule has 0 spiro atoms. The Morgan fingerprint density at radius 1 is 1.29 bits per heavy atom. The van der Waals surface area contributed by atoms with Crippen LogP contribution in [0.1, 0.15) is 50.2 Å². The predicted molar refractivity (Wildman–Crippen MR) is 89.6 cm³/mol. The Hall–Kier alpha value is -1.93. The van der Waals surface area contributed by atoms with Crippen molar-refractivity contribution in [1.29, 1.82) is 5.26 Å². The number of benzene rings is 1. The Morgan fingerprint density at radius 3 is 2.79 bits per heavy atom. The van der Waals surface area contributed by atoms with E-state index in [0.717, 1.165) is 44.3 Å². The van der Waals surface area contributed by atoms with Crippen LogP contribution in [-0.4, -0.2) is 40.9 Å². The van der Waals surface area contributed by atoms with Crippen molar-refractivity contribution in [1.82, 2.24) is 9.80 Å². The van der Waals surface area contributed by atoms with Crippen LogP contribution >= 0.6 is 0 Å². The topological polar surface area (TPSA) is 47.3 Å². The summed E-state index contributed by atoms with van der Waals surface area (Å²) in [7, 11) is 0. The third-order valence-electron chi connectivity index (χ3n) is 5.35. The summed E-state index contributed by atoms with van der Waals surface area (Å²) in [4.78, 5) is 16.6. The van der Waals surface area contributed by atoms with E-state index in [1.165, 1.54) is 12.1 Å². The van der Waals surface area contributed by atoms with Gasteiger partial charge < -0.3 is 4.90 Å². The largest absolute Gasteiger partial charge is 0.338 e. The first-order valence-electron chi connectivity index (χ1n) is 8.86. The molecule has 0 saturated carbocycles. The van der Waals surface area contributed by atoms with Crippen LogP contribution in [0, 0.1) is 17.1 Å². The Kier molecular flexibility index (Phi) is 5.15. The van der Waals surface area contributed by atoms with Crippen LogP contribution in [0.25, 0.3) is 0 Å². The standard InChI is InChI=1S/C19H24FN3O/c1-2-19(24)23-10-4-6-18(23)17-5-3-9-22(17)13-14-7-8-16(20)11-15(14)12-21/h7-8,11,17-18H,2-6,9-10,13H2,1H3/t17-,18+/m0/s1. The van der Waals surface area contributed by atoms with Crippen LogP contribution in [0.15, 0.2) is 18.2 Å². The summed E-state index contributed by atoms with van der Waals surface area (Å²) in [6, 6.07) is 7.17. The molecule has 0 aromatic heterocycles. The van der Waals surface area contributed by atoms with Crippen LogP contribution in [0.5, 0.6) is 0 Å². The summed E-state index contributed by atoms with van der Waals surface area (Å²) >= 11 is 0. The predicted octanol–water partition coefficient (Wildman–Crippen LogP) is 3.06. The summed E-state index contributed by atoms with van der Waals surface area (Å²) in [6.45, 7) is 4.40. The highest BCUT2D eigenvalue weighted by Crippen LogP contribution is 2.31. The van der Waals surface area contributed by atoms with Gasteiger partial charge in [-0.1, -0.05) is 13.0 Å². The van der Waals surface area contributed by atoms with Gasteiger partial charge in [0.1, 0.15) is 5.82 Å². The van der Waals surface area contributed by atoms with Crippen molar-refractivity contribution < 1.29 is 9.18 Å². The molecule has 0 N–H and O–H groups in total. The number of amides is 1. The highest BCUT2D eigenvalue weighted by Gasteiger charge is 2.39. The SMILES string of the molecule is CCC(=O)N1CCC[C@@H]1[C@@H]1CCCN1Cc1ccc(F)cc1C#N. The fourth-order valence-corrected chi connectivity index (χ4v) is 4.20. The van der Waals surface area contributed by atoms with Crippen LogP contribution in [0.2, 0.25) is 0 Å². The number of nitriles is 1. The molecular formula is C19H24FN3O. The molecule has 24 heavy (non-hydrogen) atoms. The molecule has 0 bridgehead atoms. The molecule has 1 aromatic rings. The highest BCUT2D eigenvalue weighted by molar-refractivity contribution is 5.76. The molecule has 2 aliphatic rings. The fourth-order valence-electron chi connectivity index (χ4n) is 4.20. The summed E-state index contributed by atoms with van der Waals surface area (Å²) in [5.74, 6) is -0.132. The van der Waals surface area contributed by atoms with Crippen molar-refractivity contribution in [2.45, 2.75) is 57.7 Å². The minimum absolute atomic E-state index is 0.240. The Balaban J connectivity index is 1.77. The van der Waals surface area contributed by atoms with Gasteiger partial charge >= 0.3 is 0 Å². The van der Waals surface area contributed by atoms with Gasteiger partial charge in [-0.2, -0.15) is 5.26 Å². The van der Waals surface area contributed by atoms with Crippen molar-refractivity contribution in [3.05, 3.63) is 35.1 Å². The van der Waals surface area contributed by atoms with E-state index in [1.54, 1.807) is 6.07 Å². The first-order chi connectivity index (χ1) is 11.6. The molecule has 0 aliphatic carbocycles. The summed E-state index contributed by atoms with van der Waals surface area (Å²) in [5.41, 5.74) is 1.28. The van der Waals surface area contributed by atoms with Gasteiger partial charge in [-0.3, -0.25) is 9.69 Å². The zero-order chi connectivity index (χ0) is 17.1. The first kappa shape index (κ1) is 16.9. The highest BCUT2D eigenvalue weighted by atomic mass is 19.1. The number of likely N-dealkylation sites (tertiary alicyclic amines) is 2. The third kappa shape index (κ3) is 3.29. The van der Waals surface area contributed by atoms with Gasteiger partial charge in [0.2, 0.25) is 5.91 Å². The second kappa shape index (κ2) is 7.31. The lowest BCUT2D eigenvalue weighted by atomic mass is 10.0. The van der Waals surface area contributed by atoms with Gasteiger partial charge in [0.15, 0.2) is 0 Å². The monoisotopic (exact) mass is 329 g/mol. The number of rotatable bonds is 4. The lowest BCUT2D eigenvalue weighted by molar-refractivity contribution is -0.132. The van der Waals surface area contributed by atoms with E-state index in [9.17, 15) is 14.4 Å². The van der Waals surface area contributed by atoms with E-state index in [0.29, 0.717) is 24.6 Å². The normalized spacial score (nSPS) is 24.3. The van der Waals surface area contributed by atoms with Crippen LogP contribution in [0.3, 0.4) is 0 Å². The van der Waals surface area contributed by atoms with E-state index in [1.807, 2.05) is 6.92 Å². The molecule has 1 amide bonds. The van der Waals surface area contributed by atoms with Crippen molar-refractivity contribution in [3.63, 3.8) is 0 Å². The van der Waals surface area contributed by atoms with Crippen LogP contribution in [0.4, 0.5) is 4.39 Å². The molecule has 2 fully saturated rings. The van der Waals surface area contributed by atoms with Crippen molar-refractivity contribution in [2.75, 3.05) is 13.1 Å². The quantitative estimate of drug-likeness (QED) is 0.853. The van der Waals surface area contributed by atoms with Gasteiger partial charge in [0, 0.05) is 31.6 Å². The van der Waals surface area contributed by atoms with Gasteiger partial charge in [-0.05, 0) is 49.9 Å². The lowest BCUT2D eigenvalue weighted by Crippen LogP contribution is -2.47. The Morgan fingerprint density at radius 2 is 2.04 bits per heavy atom. The minimum atomic E-state index is -0.371. The van der Waals surface area contributed by atoms with Crippen LogP contribution in [-0.2, 0) is 11.3 Å². The average Bonchev–Trinajstić information content (AvgIpc) is 3.24. The minimum Gasteiger partial charge on any atom is -0.338 e. The molecule has 3 rings (SSSR count). The molecule has 2 atom stereocenters. The number of halogens is 1. The summed E-state index contributed by atoms with van der Waals surface area (Å²) in [6.07, 6.45) is 4.88. The van der Waals surface area contributed by atoms with Gasteiger partial charge in [-0.15, -0.1) is 0 Å². The summed E-state index contributed by atoms with van der Waals surface area (Å²) < 4.78 is 13.3. The molecule has 128 valence electrons. The second-order valence-corrected chi connectivity index (χ2v) is 6.74. The number of carbonyl (C=O) groups is 1. The fraction of sp³-hybridized carbons (Fsp3) is 0.579. The molecular weight excluding hydrogens is 305 g/mol. The maximum Gasteiger partial charge on any atom is 0.222 e. The molecule has 2 saturated heterocycles. The maximum atomic E-state index is 13.3. The Bertz CT molecular complexity index is 655. The number of hydrogen-bond donors (Lipinski definition) is 0. The van der Waals surface area contributed by atoms with Crippen molar-refractivity contribution in [3.8, 4) is 6.07 Å². The third-order valence-corrected chi connectivity index (χ3v) is 5.35. The zero-order valence-electron chi connectivity index (χ0n) is 14.2. The molecule has 0 radical (unpaired) electrons. The van der Waals surface area contributed by atoms with Gasteiger partial charge in [0.25, 0.3) is 0 Å². The molecule has 5 heteroatoms. The zero-order valence-corrected chi connectivity index (χ0v) is 14.2. The molecule has 4 nitrogen and oxygen atoms in total. The van der Waals surface area contributed by atoms with Gasteiger partial charge in [0.05, 0.1) is 11.6 Å². The van der Waals surface area contributed by atoms with E-state index in [2.05, 4.69) is 15.9 Å². The molecule has 2 heterocycles.